The van der Waals surface area contributed by atoms with Crippen LogP contribution in [0.25, 0.3) is 11.0 Å². The van der Waals surface area contributed by atoms with Crippen LogP contribution < -0.4 is 20.1 Å². The van der Waals surface area contributed by atoms with E-state index in [-0.39, 0.29) is 30.9 Å². The zero-order valence-electron chi connectivity index (χ0n) is 23.4. The van der Waals surface area contributed by atoms with Crippen LogP contribution in [0.1, 0.15) is 42.2 Å². The lowest BCUT2D eigenvalue weighted by Crippen LogP contribution is -2.46. The quantitative estimate of drug-likeness (QED) is 0.194. The molecule has 4 aromatic rings. The molecule has 1 aliphatic heterocycles. The molecule has 0 bridgehead atoms. The summed E-state index contributed by atoms with van der Waals surface area (Å²) in [6.45, 7) is 5.44. The molecule has 1 saturated heterocycles. The minimum Gasteiger partial charge on any atom is -0.496 e. The molecule has 216 valence electrons. The van der Waals surface area contributed by atoms with E-state index in [1.54, 1.807) is 14.2 Å². The maximum Gasteiger partial charge on any atom is 0.142 e. The standard InChI is InChI=1S/C32H39N3O3.2ClH/c1-36-29-16-15-24(22-26(29)32(33)31-23-25-11-5-7-13-28(25)38-31)10-4-3-9-17-34-18-20-35(21-19-34)27-12-6-8-14-30(27)37-2;;/h5-8,11-16,22-23,32H,3-4,9-10,17-21,33H2,1-2H3;2*1H. The lowest BCUT2D eigenvalue weighted by Gasteiger charge is -2.36. The van der Waals surface area contributed by atoms with Gasteiger partial charge in [-0.1, -0.05) is 48.9 Å². The lowest BCUT2D eigenvalue weighted by molar-refractivity contribution is 0.251. The van der Waals surface area contributed by atoms with E-state index < -0.39 is 0 Å². The summed E-state index contributed by atoms with van der Waals surface area (Å²) >= 11 is 0. The third kappa shape index (κ3) is 7.43. The average molecular weight is 587 g/mol. The van der Waals surface area contributed by atoms with Crippen LogP contribution in [-0.2, 0) is 6.42 Å². The van der Waals surface area contributed by atoms with Crippen molar-refractivity contribution in [1.82, 2.24) is 4.90 Å². The monoisotopic (exact) mass is 585 g/mol. The second kappa shape index (κ2) is 15.2. The second-order valence-corrected chi connectivity index (χ2v) is 10.1. The van der Waals surface area contributed by atoms with Gasteiger partial charge in [0.25, 0.3) is 0 Å². The summed E-state index contributed by atoms with van der Waals surface area (Å²) in [5.74, 6) is 2.52. The van der Waals surface area contributed by atoms with Gasteiger partial charge < -0.3 is 24.5 Å². The van der Waals surface area contributed by atoms with Gasteiger partial charge in [-0.2, -0.15) is 0 Å². The molecule has 2 heterocycles. The number of furan rings is 1. The molecular formula is C32H41Cl2N3O3. The Kier molecular flexibility index (Phi) is 12.0. The van der Waals surface area contributed by atoms with Crippen molar-refractivity contribution in [2.75, 3.05) is 51.8 Å². The molecule has 6 nitrogen and oxygen atoms in total. The number of anilines is 1. The van der Waals surface area contributed by atoms with Gasteiger partial charge >= 0.3 is 0 Å². The Balaban J connectivity index is 0.00000220. The molecular weight excluding hydrogens is 545 g/mol. The van der Waals surface area contributed by atoms with Crippen molar-refractivity contribution in [3.63, 3.8) is 0 Å². The number of unbranched alkanes of at least 4 members (excludes halogenated alkanes) is 2. The third-order valence-corrected chi connectivity index (χ3v) is 7.62. The van der Waals surface area contributed by atoms with Crippen LogP contribution in [0.5, 0.6) is 11.5 Å². The number of aryl methyl sites for hydroxylation is 1. The number of nitrogens with zero attached hydrogens (tertiary/aromatic N) is 2. The number of hydrogen-bond acceptors (Lipinski definition) is 6. The highest BCUT2D eigenvalue weighted by Crippen LogP contribution is 2.33. The first-order valence-electron chi connectivity index (χ1n) is 13.7. The molecule has 2 N–H and O–H groups in total. The van der Waals surface area contributed by atoms with Crippen molar-refractivity contribution in [2.45, 2.75) is 31.7 Å². The number of rotatable bonds is 11. The van der Waals surface area contributed by atoms with Gasteiger partial charge in [-0.3, -0.25) is 4.90 Å². The molecule has 0 aliphatic carbocycles. The van der Waals surface area contributed by atoms with Crippen LogP contribution in [0.4, 0.5) is 5.69 Å². The predicted octanol–water partition coefficient (Wildman–Crippen LogP) is 6.88. The number of hydrogen-bond donors (Lipinski definition) is 1. The van der Waals surface area contributed by atoms with E-state index in [2.05, 4.69) is 34.1 Å². The average Bonchev–Trinajstić information content (AvgIpc) is 3.41. The molecule has 8 heteroatoms. The van der Waals surface area contributed by atoms with Crippen molar-refractivity contribution in [3.8, 4) is 11.5 Å². The molecule has 0 saturated carbocycles. The highest BCUT2D eigenvalue weighted by atomic mass is 35.5. The van der Waals surface area contributed by atoms with Crippen LogP contribution in [0.15, 0.2) is 77.2 Å². The first kappa shape index (κ1) is 31.6. The molecule has 0 spiro atoms. The van der Waals surface area contributed by atoms with Gasteiger partial charge in [-0.25, -0.2) is 0 Å². The first-order chi connectivity index (χ1) is 18.7. The van der Waals surface area contributed by atoms with Gasteiger partial charge in [0.2, 0.25) is 0 Å². The summed E-state index contributed by atoms with van der Waals surface area (Å²) in [4.78, 5) is 5.02. The smallest absolute Gasteiger partial charge is 0.142 e. The number of piperazine rings is 1. The van der Waals surface area contributed by atoms with E-state index in [9.17, 15) is 0 Å². The van der Waals surface area contributed by atoms with Crippen molar-refractivity contribution in [2.24, 2.45) is 5.73 Å². The fraction of sp³-hybridized carbons (Fsp3) is 0.375. The molecule has 1 aromatic heterocycles. The van der Waals surface area contributed by atoms with Gasteiger partial charge in [0.05, 0.1) is 25.9 Å². The van der Waals surface area contributed by atoms with Crippen molar-refractivity contribution < 1.29 is 13.9 Å². The summed E-state index contributed by atoms with van der Waals surface area (Å²) in [7, 11) is 3.44. The Morgan fingerprint density at radius 1 is 0.800 bits per heavy atom. The van der Waals surface area contributed by atoms with Gasteiger partial charge in [-0.15, -0.1) is 24.8 Å². The summed E-state index contributed by atoms with van der Waals surface area (Å²) in [6.07, 6.45) is 4.62. The maximum atomic E-state index is 6.66. The van der Waals surface area contributed by atoms with Crippen LogP contribution in [0.3, 0.4) is 0 Å². The largest absolute Gasteiger partial charge is 0.496 e. The van der Waals surface area contributed by atoms with Crippen LogP contribution in [0, 0.1) is 0 Å². The van der Waals surface area contributed by atoms with E-state index in [1.165, 1.54) is 24.1 Å². The normalized spacial score (nSPS) is 14.3. The Bertz CT molecular complexity index is 1300. The molecule has 5 rings (SSSR count). The van der Waals surface area contributed by atoms with E-state index in [4.69, 9.17) is 19.6 Å². The Hall–Kier alpha value is -2.90. The van der Waals surface area contributed by atoms with Crippen molar-refractivity contribution in [3.05, 3.63) is 89.7 Å². The minimum atomic E-state index is -0.369. The number of benzene rings is 3. The van der Waals surface area contributed by atoms with E-state index in [0.29, 0.717) is 0 Å². The molecule has 3 aromatic carbocycles. The van der Waals surface area contributed by atoms with Gasteiger partial charge in [0, 0.05) is 37.1 Å². The topological polar surface area (TPSA) is 64.1 Å². The van der Waals surface area contributed by atoms with Crippen molar-refractivity contribution in [1.29, 1.82) is 0 Å². The number of ether oxygens (including phenoxy) is 2. The Labute approximate surface area is 250 Å². The predicted molar refractivity (Wildman–Crippen MR) is 169 cm³/mol. The summed E-state index contributed by atoms with van der Waals surface area (Å²) in [5, 5.41) is 1.06. The van der Waals surface area contributed by atoms with Crippen LogP contribution in [0.2, 0.25) is 0 Å². The lowest BCUT2D eigenvalue weighted by atomic mass is 9.98. The number of halogens is 2. The number of para-hydroxylation sites is 3. The molecule has 1 unspecified atom stereocenters. The third-order valence-electron chi connectivity index (χ3n) is 7.62. The fourth-order valence-corrected chi connectivity index (χ4v) is 5.44. The zero-order valence-corrected chi connectivity index (χ0v) is 25.0. The zero-order chi connectivity index (χ0) is 26.3. The van der Waals surface area contributed by atoms with E-state index >= 15 is 0 Å². The Morgan fingerprint density at radius 2 is 1.52 bits per heavy atom. The highest BCUT2D eigenvalue weighted by molar-refractivity contribution is 5.85. The van der Waals surface area contributed by atoms with E-state index in [1.807, 2.05) is 48.5 Å². The molecule has 0 radical (unpaired) electrons. The SMILES string of the molecule is COc1ccc(CCCCCN2CCN(c3ccccc3OC)CC2)cc1C(N)c1cc2ccccc2o1.Cl.Cl. The first-order valence-corrected chi connectivity index (χ1v) is 13.7. The van der Waals surface area contributed by atoms with Crippen LogP contribution >= 0.6 is 24.8 Å². The molecule has 1 fully saturated rings. The molecule has 1 aliphatic rings. The Morgan fingerprint density at radius 3 is 2.27 bits per heavy atom. The molecule has 40 heavy (non-hydrogen) atoms. The molecule has 0 amide bonds. The van der Waals surface area contributed by atoms with Crippen molar-refractivity contribution >= 4 is 41.5 Å². The summed E-state index contributed by atoms with van der Waals surface area (Å²) in [6, 6.07) is 24.4. The number of fused-ring (bicyclic) bond motifs is 1. The summed E-state index contributed by atoms with van der Waals surface area (Å²) in [5.41, 5.74) is 11.0. The fourth-order valence-electron chi connectivity index (χ4n) is 5.44. The second-order valence-electron chi connectivity index (χ2n) is 10.1. The minimum absolute atomic E-state index is 0. The highest BCUT2D eigenvalue weighted by Gasteiger charge is 2.20. The van der Waals surface area contributed by atoms with Gasteiger partial charge in [0.15, 0.2) is 0 Å². The van der Waals surface area contributed by atoms with E-state index in [0.717, 1.165) is 79.4 Å². The van der Waals surface area contributed by atoms with Gasteiger partial charge in [0.1, 0.15) is 22.8 Å². The maximum absolute atomic E-state index is 6.66. The summed E-state index contributed by atoms with van der Waals surface area (Å²) < 4.78 is 17.2. The number of methoxy groups -OCH3 is 2. The number of nitrogens with two attached hydrogens (primary N) is 1. The van der Waals surface area contributed by atoms with Gasteiger partial charge in [-0.05, 0) is 61.7 Å². The molecule has 1 atom stereocenters. The van der Waals surface area contributed by atoms with Crippen LogP contribution in [-0.4, -0.2) is 51.8 Å².